The zero-order chi connectivity index (χ0) is 12.9. The van der Waals surface area contributed by atoms with E-state index in [1.165, 1.54) is 5.69 Å². The molecule has 0 bridgehead atoms. The lowest BCUT2D eigenvalue weighted by atomic mass is 9.92. The first-order valence-electron chi connectivity index (χ1n) is 5.98. The Morgan fingerprint density at radius 2 is 1.82 bits per heavy atom. The zero-order valence-electron chi connectivity index (χ0n) is 11.6. The van der Waals surface area contributed by atoms with Gasteiger partial charge in [0.1, 0.15) is 5.75 Å². The Morgan fingerprint density at radius 1 is 1.24 bits per heavy atom. The molecule has 0 amide bonds. The van der Waals surface area contributed by atoms with Crippen molar-refractivity contribution in [2.24, 2.45) is 5.41 Å². The van der Waals surface area contributed by atoms with Crippen LogP contribution in [0, 0.1) is 5.41 Å². The second kappa shape index (κ2) is 5.92. The highest BCUT2D eigenvalue weighted by atomic mass is 16.5. The summed E-state index contributed by atoms with van der Waals surface area (Å²) in [5, 5.41) is 3.24. The highest BCUT2D eigenvalue weighted by Crippen LogP contribution is 2.22. The van der Waals surface area contributed by atoms with E-state index in [9.17, 15) is 0 Å². The predicted octanol–water partition coefficient (Wildman–Crippen LogP) is 2.38. The minimum atomic E-state index is 0.253. The Morgan fingerprint density at radius 3 is 2.29 bits per heavy atom. The average molecular weight is 236 g/mol. The normalized spacial score (nSPS) is 11.4. The maximum absolute atomic E-state index is 5.16. The number of hydrogen-bond acceptors (Lipinski definition) is 3. The molecule has 3 heteroatoms. The fourth-order valence-corrected chi connectivity index (χ4v) is 2.10. The summed E-state index contributed by atoms with van der Waals surface area (Å²) in [6, 6.07) is 8.18. The van der Waals surface area contributed by atoms with Gasteiger partial charge in [0.15, 0.2) is 0 Å². The maximum Gasteiger partial charge on any atom is 0.119 e. The molecule has 1 N–H and O–H groups in total. The number of benzene rings is 1. The molecule has 0 heterocycles. The third-order valence-corrected chi connectivity index (χ3v) is 2.83. The lowest BCUT2D eigenvalue weighted by Crippen LogP contribution is -2.37. The maximum atomic E-state index is 5.16. The third-order valence-electron chi connectivity index (χ3n) is 2.83. The second-order valence-corrected chi connectivity index (χ2v) is 5.25. The molecule has 0 aliphatic rings. The first-order chi connectivity index (χ1) is 7.98. The van der Waals surface area contributed by atoms with Crippen LogP contribution in [0.1, 0.15) is 13.8 Å². The summed E-state index contributed by atoms with van der Waals surface area (Å²) in [6.45, 7) is 6.56. The minimum Gasteiger partial charge on any atom is -0.497 e. The van der Waals surface area contributed by atoms with Gasteiger partial charge in [-0.1, -0.05) is 13.8 Å². The molecule has 0 unspecified atom stereocenters. The third kappa shape index (κ3) is 4.27. The molecule has 0 spiro atoms. The van der Waals surface area contributed by atoms with Crippen molar-refractivity contribution in [2.75, 3.05) is 39.2 Å². The summed E-state index contributed by atoms with van der Waals surface area (Å²) in [5.74, 6) is 0.900. The number of nitrogens with zero attached hydrogens (tertiary/aromatic N) is 1. The summed E-state index contributed by atoms with van der Waals surface area (Å²) in [5.41, 5.74) is 1.47. The van der Waals surface area contributed by atoms with Gasteiger partial charge >= 0.3 is 0 Å². The van der Waals surface area contributed by atoms with Crippen molar-refractivity contribution >= 4 is 5.69 Å². The highest BCUT2D eigenvalue weighted by Gasteiger charge is 2.19. The molecule has 1 aromatic rings. The first-order valence-corrected chi connectivity index (χ1v) is 5.98. The Hall–Kier alpha value is -1.22. The Bertz CT molecular complexity index is 333. The van der Waals surface area contributed by atoms with E-state index in [0.717, 1.165) is 18.8 Å². The molecule has 0 fully saturated rings. The molecule has 96 valence electrons. The number of methoxy groups -OCH3 is 1. The smallest absolute Gasteiger partial charge is 0.119 e. The van der Waals surface area contributed by atoms with Crippen LogP contribution in [0.15, 0.2) is 24.3 Å². The molecule has 0 atom stereocenters. The van der Waals surface area contributed by atoms with Gasteiger partial charge in [0.05, 0.1) is 7.11 Å². The summed E-state index contributed by atoms with van der Waals surface area (Å²) in [7, 11) is 5.81. The number of hydrogen-bond donors (Lipinski definition) is 1. The molecule has 0 saturated heterocycles. The highest BCUT2D eigenvalue weighted by molar-refractivity contribution is 5.48. The summed E-state index contributed by atoms with van der Waals surface area (Å²) in [4.78, 5) is 2.27. The lowest BCUT2D eigenvalue weighted by Gasteiger charge is -2.31. The quantitative estimate of drug-likeness (QED) is 0.820. The number of nitrogens with one attached hydrogen (secondary N) is 1. The van der Waals surface area contributed by atoms with Gasteiger partial charge in [-0.25, -0.2) is 0 Å². The van der Waals surface area contributed by atoms with Gasteiger partial charge in [0.2, 0.25) is 0 Å². The first kappa shape index (κ1) is 13.8. The van der Waals surface area contributed by atoms with E-state index in [1.807, 2.05) is 19.2 Å². The van der Waals surface area contributed by atoms with Gasteiger partial charge in [-0.3, -0.25) is 0 Å². The van der Waals surface area contributed by atoms with Gasteiger partial charge in [0.25, 0.3) is 0 Å². The zero-order valence-corrected chi connectivity index (χ0v) is 11.6. The van der Waals surface area contributed by atoms with Crippen LogP contribution in [0.3, 0.4) is 0 Å². The molecule has 0 radical (unpaired) electrons. The van der Waals surface area contributed by atoms with E-state index >= 15 is 0 Å². The van der Waals surface area contributed by atoms with E-state index in [2.05, 4.69) is 43.2 Å². The summed E-state index contributed by atoms with van der Waals surface area (Å²) >= 11 is 0. The van der Waals surface area contributed by atoms with Crippen LogP contribution in [0.5, 0.6) is 5.75 Å². The molecule has 1 aromatic carbocycles. The molecule has 0 aromatic heterocycles. The molecule has 17 heavy (non-hydrogen) atoms. The molecule has 0 aliphatic heterocycles. The number of anilines is 1. The van der Waals surface area contributed by atoms with Crippen molar-refractivity contribution in [3.8, 4) is 5.75 Å². The Kier molecular flexibility index (Phi) is 4.82. The topological polar surface area (TPSA) is 24.5 Å². The van der Waals surface area contributed by atoms with Crippen LogP contribution >= 0.6 is 0 Å². The molecule has 0 saturated carbocycles. The van der Waals surface area contributed by atoms with Crippen molar-refractivity contribution in [1.82, 2.24) is 5.32 Å². The monoisotopic (exact) mass is 236 g/mol. The van der Waals surface area contributed by atoms with Gasteiger partial charge in [-0.05, 0) is 36.7 Å². The fraction of sp³-hybridized carbons (Fsp3) is 0.571. The van der Waals surface area contributed by atoms with Crippen molar-refractivity contribution < 1.29 is 4.74 Å². The van der Waals surface area contributed by atoms with Crippen molar-refractivity contribution in [2.45, 2.75) is 13.8 Å². The van der Waals surface area contributed by atoms with Crippen LogP contribution in [0.2, 0.25) is 0 Å². The molecule has 0 aliphatic carbocycles. The summed E-state index contributed by atoms with van der Waals surface area (Å²) in [6.07, 6.45) is 0. The van der Waals surface area contributed by atoms with Crippen molar-refractivity contribution in [1.29, 1.82) is 0 Å². The molecule has 1 rings (SSSR count). The predicted molar refractivity (Wildman–Crippen MR) is 74.0 cm³/mol. The molecular weight excluding hydrogens is 212 g/mol. The number of rotatable bonds is 6. The Balaban J connectivity index is 2.65. The van der Waals surface area contributed by atoms with E-state index in [1.54, 1.807) is 7.11 Å². The lowest BCUT2D eigenvalue weighted by molar-refractivity contribution is 0.358. The van der Waals surface area contributed by atoms with Gasteiger partial charge in [-0.15, -0.1) is 0 Å². The van der Waals surface area contributed by atoms with E-state index < -0.39 is 0 Å². The van der Waals surface area contributed by atoms with E-state index in [0.29, 0.717) is 0 Å². The van der Waals surface area contributed by atoms with Crippen LogP contribution in [0.4, 0.5) is 5.69 Å². The standard InChI is InChI=1S/C14H24N2O/c1-14(2,10-15-3)11-16(4)12-6-8-13(17-5)9-7-12/h6-9,15H,10-11H2,1-5H3. The fourth-order valence-electron chi connectivity index (χ4n) is 2.10. The summed E-state index contributed by atoms with van der Waals surface area (Å²) < 4.78 is 5.16. The van der Waals surface area contributed by atoms with Crippen molar-refractivity contribution in [3.63, 3.8) is 0 Å². The van der Waals surface area contributed by atoms with Crippen LogP contribution < -0.4 is 15.0 Å². The number of ether oxygens (including phenoxy) is 1. The van der Waals surface area contributed by atoms with E-state index in [4.69, 9.17) is 4.74 Å². The Labute approximate surface area is 105 Å². The van der Waals surface area contributed by atoms with E-state index in [-0.39, 0.29) is 5.41 Å². The largest absolute Gasteiger partial charge is 0.497 e. The van der Waals surface area contributed by atoms with Gasteiger partial charge < -0.3 is 15.0 Å². The van der Waals surface area contributed by atoms with Crippen LogP contribution in [-0.4, -0.2) is 34.3 Å². The average Bonchev–Trinajstić information content (AvgIpc) is 2.28. The molecular formula is C14H24N2O. The SMILES string of the molecule is CNCC(C)(C)CN(C)c1ccc(OC)cc1. The van der Waals surface area contributed by atoms with Crippen LogP contribution in [-0.2, 0) is 0 Å². The van der Waals surface area contributed by atoms with Gasteiger partial charge in [0, 0.05) is 25.8 Å². The second-order valence-electron chi connectivity index (χ2n) is 5.25. The minimum absolute atomic E-state index is 0.253. The molecule has 3 nitrogen and oxygen atoms in total. The van der Waals surface area contributed by atoms with Crippen LogP contribution in [0.25, 0.3) is 0 Å². The van der Waals surface area contributed by atoms with Crippen molar-refractivity contribution in [3.05, 3.63) is 24.3 Å². The van der Waals surface area contributed by atoms with Gasteiger partial charge in [-0.2, -0.15) is 0 Å².